The van der Waals surface area contributed by atoms with Crippen LogP contribution in [0.2, 0.25) is 0 Å². The molecule has 7 nitrogen and oxygen atoms in total. The first-order valence-electron chi connectivity index (χ1n) is 9.75. The molecule has 30 heavy (non-hydrogen) atoms. The van der Waals surface area contributed by atoms with Gasteiger partial charge in [-0.2, -0.15) is 0 Å². The number of carbonyl (C=O) groups excluding carboxylic acids is 1. The van der Waals surface area contributed by atoms with E-state index in [1.165, 1.54) is 5.56 Å². The summed E-state index contributed by atoms with van der Waals surface area (Å²) in [6.45, 7) is 1.18. The molecule has 0 fully saturated rings. The molecule has 2 aromatic carbocycles. The van der Waals surface area contributed by atoms with Gasteiger partial charge in [-0.1, -0.05) is 0 Å². The summed E-state index contributed by atoms with van der Waals surface area (Å²) in [5, 5.41) is 0.933. The second kappa shape index (κ2) is 7.82. The van der Waals surface area contributed by atoms with E-state index in [0.29, 0.717) is 41.8 Å². The van der Waals surface area contributed by atoms with Crippen molar-refractivity contribution in [1.29, 1.82) is 0 Å². The van der Waals surface area contributed by atoms with E-state index < -0.39 is 0 Å². The quantitative estimate of drug-likeness (QED) is 0.645. The number of hydrogen-bond acceptors (Lipinski definition) is 5. The van der Waals surface area contributed by atoms with Crippen LogP contribution >= 0.6 is 0 Å². The normalized spacial score (nSPS) is 13.2. The monoisotopic (exact) mass is 410 g/mol. The zero-order chi connectivity index (χ0) is 21.4. The molecule has 0 saturated carbocycles. The molecule has 0 aliphatic carbocycles. The number of aromatic nitrogens is 1. The van der Waals surface area contributed by atoms with Crippen molar-refractivity contribution < 1.29 is 23.7 Å². The van der Waals surface area contributed by atoms with E-state index in [1.54, 1.807) is 28.4 Å². The molecule has 158 valence electrons. The first-order chi connectivity index (χ1) is 14.5. The van der Waals surface area contributed by atoms with Gasteiger partial charge in [-0.15, -0.1) is 0 Å². The molecule has 2 heterocycles. The SMILES string of the molecule is COc1cc2c(cc1OC)CN(C(=O)c1cc3cc(OC)c(OC)cc3n1C)CC2. The van der Waals surface area contributed by atoms with Gasteiger partial charge in [-0.05, 0) is 41.8 Å². The summed E-state index contributed by atoms with van der Waals surface area (Å²) in [7, 11) is 8.36. The molecule has 0 spiro atoms. The Bertz CT molecular complexity index is 1120. The third kappa shape index (κ3) is 3.20. The van der Waals surface area contributed by atoms with Crippen LogP contribution in [0.25, 0.3) is 10.9 Å². The van der Waals surface area contributed by atoms with Gasteiger partial charge in [0, 0.05) is 31.6 Å². The Morgan fingerprint density at radius 2 is 1.37 bits per heavy atom. The Kier molecular flexibility index (Phi) is 5.20. The fourth-order valence-corrected chi connectivity index (χ4v) is 4.09. The number of hydrogen-bond donors (Lipinski definition) is 0. The first kappa shape index (κ1) is 19.9. The maximum Gasteiger partial charge on any atom is 0.270 e. The van der Waals surface area contributed by atoms with E-state index in [9.17, 15) is 4.79 Å². The maximum atomic E-state index is 13.4. The maximum absolute atomic E-state index is 13.4. The van der Waals surface area contributed by atoms with E-state index in [1.807, 2.05) is 46.8 Å². The number of nitrogens with zero attached hydrogens (tertiary/aromatic N) is 2. The Balaban J connectivity index is 1.67. The average Bonchev–Trinajstić information content (AvgIpc) is 3.11. The molecule has 1 amide bonds. The second-order valence-electron chi connectivity index (χ2n) is 7.31. The highest BCUT2D eigenvalue weighted by molar-refractivity contribution is 5.99. The van der Waals surface area contributed by atoms with Crippen molar-refractivity contribution in [1.82, 2.24) is 9.47 Å². The standard InChI is InChI=1S/C23H26N2O5/c1-24-17-12-22(30-5)20(28-3)10-15(17)8-18(24)23(26)25-7-6-14-9-19(27-2)21(29-4)11-16(14)13-25/h8-12H,6-7,13H2,1-5H3. The van der Waals surface area contributed by atoms with Crippen molar-refractivity contribution in [2.45, 2.75) is 13.0 Å². The molecule has 0 bridgehead atoms. The van der Waals surface area contributed by atoms with Gasteiger partial charge in [-0.25, -0.2) is 0 Å². The van der Waals surface area contributed by atoms with Crippen LogP contribution in [0.1, 0.15) is 21.6 Å². The van der Waals surface area contributed by atoms with E-state index in [4.69, 9.17) is 18.9 Å². The first-order valence-corrected chi connectivity index (χ1v) is 9.75. The van der Waals surface area contributed by atoms with E-state index in [-0.39, 0.29) is 5.91 Å². The lowest BCUT2D eigenvalue weighted by Crippen LogP contribution is -2.36. The van der Waals surface area contributed by atoms with Crippen molar-refractivity contribution in [3.05, 3.63) is 47.2 Å². The fourth-order valence-electron chi connectivity index (χ4n) is 4.09. The Labute approximate surface area is 175 Å². The highest BCUT2D eigenvalue weighted by atomic mass is 16.5. The topological polar surface area (TPSA) is 62.2 Å². The largest absolute Gasteiger partial charge is 0.493 e. The third-order valence-corrected chi connectivity index (χ3v) is 5.77. The Hall–Kier alpha value is -3.35. The molecule has 4 rings (SSSR count). The molecule has 1 aliphatic rings. The van der Waals surface area contributed by atoms with Gasteiger partial charge < -0.3 is 28.4 Å². The number of fused-ring (bicyclic) bond motifs is 2. The molecule has 1 aromatic heterocycles. The van der Waals surface area contributed by atoms with E-state index >= 15 is 0 Å². The van der Waals surface area contributed by atoms with Crippen LogP contribution in [-0.2, 0) is 20.0 Å². The van der Waals surface area contributed by atoms with Gasteiger partial charge in [0.2, 0.25) is 0 Å². The van der Waals surface area contributed by atoms with Crippen molar-refractivity contribution >= 4 is 16.8 Å². The fraction of sp³-hybridized carbons (Fsp3) is 0.348. The van der Waals surface area contributed by atoms with Crippen molar-refractivity contribution in [3.63, 3.8) is 0 Å². The highest BCUT2D eigenvalue weighted by Gasteiger charge is 2.26. The summed E-state index contributed by atoms with van der Waals surface area (Å²) in [6.07, 6.45) is 0.771. The molecule has 0 saturated heterocycles. The summed E-state index contributed by atoms with van der Waals surface area (Å²) < 4.78 is 23.5. The van der Waals surface area contributed by atoms with Crippen molar-refractivity contribution in [2.75, 3.05) is 35.0 Å². The summed E-state index contributed by atoms with van der Waals surface area (Å²) >= 11 is 0. The molecule has 0 N–H and O–H groups in total. The number of amides is 1. The molecule has 0 radical (unpaired) electrons. The van der Waals surface area contributed by atoms with Gasteiger partial charge in [0.15, 0.2) is 23.0 Å². The Morgan fingerprint density at radius 1 is 0.800 bits per heavy atom. The summed E-state index contributed by atoms with van der Waals surface area (Å²) in [5.74, 6) is 2.66. The lowest BCUT2D eigenvalue weighted by molar-refractivity contribution is 0.0725. The third-order valence-electron chi connectivity index (χ3n) is 5.77. The predicted molar refractivity (Wildman–Crippen MR) is 114 cm³/mol. The van der Waals surface area contributed by atoms with Crippen LogP contribution in [-0.4, -0.2) is 50.4 Å². The number of benzene rings is 2. The van der Waals surface area contributed by atoms with Gasteiger partial charge in [0.05, 0.1) is 34.0 Å². The summed E-state index contributed by atoms with van der Waals surface area (Å²) in [5.41, 5.74) is 3.81. The summed E-state index contributed by atoms with van der Waals surface area (Å²) in [6, 6.07) is 9.67. The van der Waals surface area contributed by atoms with Crippen LogP contribution in [0, 0.1) is 0 Å². The van der Waals surface area contributed by atoms with Crippen LogP contribution in [0.4, 0.5) is 0 Å². The minimum atomic E-state index is -0.00734. The van der Waals surface area contributed by atoms with Crippen LogP contribution in [0.5, 0.6) is 23.0 Å². The van der Waals surface area contributed by atoms with Crippen LogP contribution in [0.3, 0.4) is 0 Å². The predicted octanol–water partition coefficient (Wildman–Crippen LogP) is 3.41. The van der Waals surface area contributed by atoms with Gasteiger partial charge in [-0.3, -0.25) is 4.79 Å². The highest BCUT2D eigenvalue weighted by Crippen LogP contribution is 2.35. The molecular formula is C23H26N2O5. The zero-order valence-electron chi connectivity index (χ0n) is 17.9. The molecule has 0 atom stereocenters. The molecule has 7 heteroatoms. The minimum Gasteiger partial charge on any atom is -0.493 e. The zero-order valence-corrected chi connectivity index (χ0v) is 17.9. The Morgan fingerprint density at radius 3 is 2.00 bits per heavy atom. The lowest BCUT2D eigenvalue weighted by Gasteiger charge is -2.29. The van der Waals surface area contributed by atoms with Gasteiger partial charge in [0.25, 0.3) is 5.91 Å². The number of rotatable bonds is 5. The molecular weight excluding hydrogens is 384 g/mol. The molecule has 1 aliphatic heterocycles. The smallest absolute Gasteiger partial charge is 0.270 e. The van der Waals surface area contributed by atoms with Crippen molar-refractivity contribution in [2.24, 2.45) is 7.05 Å². The molecule has 3 aromatic rings. The van der Waals surface area contributed by atoms with Crippen LogP contribution < -0.4 is 18.9 Å². The molecule has 0 unspecified atom stereocenters. The lowest BCUT2D eigenvalue weighted by atomic mass is 9.98. The van der Waals surface area contributed by atoms with Gasteiger partial charge in [0.1, 0.15) is 5.69 Å². The number of ether oxygens (including phenoxy) is 4. The average molecular weight is 410 g/mol. The minimum absolute atomic E-state index is 0.00734. The van der Waals surface area contributed by atoms with E-state index in [0.717, 1.165) is 22.9 Å². The van der Waals surface area contributed by atoms with Crippen molar-refractivity contribution in [3.8, 4) is 23.0 Å². The van der Waals surface area contributed by atoms with Crippen LogP contribution in [0.15, 0.2) is 30.3 Å². The number of carbonyl (C=O) groups is 1. The van der Waals surface area contributed by atoms with Gasteiger partial charge >= 0.3 is 0 Å². The van der Waals surface area contributed by atoms with E-state index in [2.05, 4.69) is 0 Å². The number of methoxy groups -OCH3 is 4. The second-order valence-corrected chi connectivity index (χ2v) is 7.31. The summed E-state index contributed by atoms with van der Waals surface area (Å²) in [4.78, 5) is 15.2. The number of aryl methyl sites for hydroxylation is 1.